The number of unbranched alkanes of at least 4 members (excludes halogenated alkanes) is 2. The first-order valence-electron chi connectivity index (χ1n) is 8.58. The van der Waals surface area contributed by atoms with Crippen molar-refractivity contribution in [1.82, 2.24) is 4.90 Å². The lowest BCUT2D eigenvalue weighted by atomic mass is 10.1. The smallest absolute Gasteiger partial charge is 0.293 e. The van der Waals surface area contributed by atoms with Crippen LogP contribution in [0.15, 0.2) is 17.0 Å². The lowest BCUT2D eigenvalue weighted by Gasteiger charge is -2.13. The summed E-state index contributed by atoms with van der Waals surface area (Å²) in [6.07, 6.45) is 4.67. The Kier molecular flexibility index (Phi) is 6.93. The summed E-state index contributed by atoms with van der Waals surface area (Å²) in [4.78, 5) is 26.4. The Hall–Kier alpha value is -1.95. The number of nitrogens with zero attached hydrogens (tertiary/aromatic N) is 1. The monoisotopic (exact) mass is 363 g/mol. The van der Waals surface area contributed by atoms with Crippen molar-refractivity contribution in [3.8, 4) is 11.5 Å². The number of methoxy groups -OCH3 is 1. The van der Waals surface area contributed by atoms with E-state index in [4.69, 9.17) is 9.47 Å². The fourth-order valence-corrected chi connectivity index (χ4v) is 3.47. The van der Waals surface area contributed by atoms with Crippen molar-refractivity contribution in [1.29, 1.82) is 0 Å². The number of imide groups is 1. The topological polar surface area (TPSA) is 55.8 Å². The molecular weight excluding hydrogens is 338 g/mol. The van der Waals surface area contributed by atoms with Crippen LogP contribution in [-0.2, 0) is 4.79 Å². The standard InChI is InChI=1S/C19H25NO4S/c1-5-7-8-9-20-18(21)17(25-19(20)22)12-14-11-16(24-6-2)15(23-4)10-13(14)3/h10-12H,5-9H2,1-4H3/b17-12-. The van der Waals surface area contributed by atoms with Gasteiger partial charge in [0.15, 0.2) is 11.5 Å². The van der Waals surface area contributed by atoms with Crippen LogP contribution in [0.1, 0.15) is 44.2 Å². The average molecular weight is 363 g/mol. The Labute approximate surface area is 153 Å². The van der Waals surface area contributed by atoms with E-state index >= 15 is 0 Å². The van der Waals surface area contributed by atoms with Gasteiger partial charge in [0, 0.05) is 6.54 Å². The minimum atomic E-state index is -0.209. The lowest BCUT2D eigenvalue weighted by Crippen LogP contribution is -2.29. The number of ether oxygens (including phenoxy) is 2. The first kappa shape index (κ1) is 19.4. The highest BCUT2D eigenvalue weighted by Gasteiger charge is 2.34. The molecule has 0 atom stereocenters. The minimum Gasteiger partial charge on any atom is -0.493 e. The van der Waals surface area contributed by atoms with Crippen molar-refractivity contribution in [3.63, 3.8) is 0 Å². The highest BCUT2D eigenvalue weighted by Crippen LogP contribution is 2.36. The van der Waals surface area contributed by atoms with Gasteiger partial charge in [-0.15, -0.1) is 0 Å². The summed E-state index contributed by atoms with van der Waals surface area (Å²) >= 11 is 0.999. The van der Waals surface area contributed by atoms with Crippen LogP contribution in [0.4, 0.5) is 4.79 Å². The van der Waals surface area contributed by atoms with E-state index < -0.39 is 0 Å². The molecule has 0 N–H and O–H groups in total. The van der Waals surface area contributed by atoms with Crippen molar-refractivity contribution in [2.75, 3.05) is 20.3 Å². The van der Waals surface area contributed by atoms with Crippen LogP contribution in [0.3, 0.4) is 0 Å². The van der Waals surface area contributed by atoms with Gasteiger partial charge in [-0.25, -0.2) is 0 Å². The number of rotatable bonds is 8. The number of hydrogen-bond donors (Lipinski definition) is 0. The molecule has 1 aromatic carbocycles. The third kappa shape index (κ3) is 4.57. The lowest BCUT2D eigenvalue weighted by molar-refractivity contribution is -0.122. The molecule has 1 aliphatic heterocycles. The van der Waals surface area contributed by atoms with E-state index in [0.29, 0.717) is 29.6 Å². The van der Waals surface area contributed by atoms with E-state index in [0.717, 1.165) is 42.2 Å². The number of aryl methyl sites for hydroxylation is 1. The highest BCUT2D eigenvalue weighted by molar-refractivity contribution is 8.18. The molecule has 1 aromatic rings. The van der Waals surface area contributed by atoms with E-state index in [1.807, 2.05) is 26.0 Å². The maximum absolute atomic E-state index is 12.5. The molecule has 1 aliphatic rings. The molecule has 0 spiro atoms. The zero-order valence-electron chi connectivity index (χ0n) is 15.3. The molecule has 0 saturated carbocycles. The molecule has 5 nitrogen and oxygen atoms in total. The predicted octanol–water partition coefficient (Wildman–Crippen LogP) is 4.63. The molecule has 1 saturated heterocycles. The second kappa shape index (κ2) is 8.94. The molecule has 1 heterocycles. The average Bonchev–Trinajstić information content (AvgIpc) is 2.85. The normalized spacial score (nSPS) is 16.0. The summed E-state index contributed by atoms with van der Waals surface area (Å²) in [5, 5.41) is -0.191. The fraction of sp³-hybridized carbons (Fsp3) is 0.474. The molecule has 0 bridgehead atoms. The predicted molar refractivity (Wildman–Crippen MR) is 101 cm³/mol. The van der Waals surface area contributed by atoms with Gasteiger partial charge in [0.1, 0.15) is 0 Å². The number of carbonyl (C=O) groups is 2. The maximum atomic E-state index is 12.5. The summed E-state index contributed by atoms with van der Waals surface area (Å²) < 4.78 is 10.9. The third-order valence-electron chi connectivity index (χ3n) is 4.00. The van der Waals surface area contributed by atoms with Gasteiger partial charge in [0.2, 0.25) is 0 Å². The summed E-state index contributed by atoms with van der Waals surface area (Å²) in [7, 11) is 1.60. The number of amides is 2. The molecule has 2 amide bonds. The summed E-state index contributed by atoms with van der Waals surface area (Å²) in [5.41, 5.74) is 1.81. The Balaban J connectivity index is 2.26. The SMILES string of the molecule is CCCCCN1C(=O)S/C(=C\c2cc(OCC)c(OC)cc2C)C1=O. The Morgan fingerprint density at radius 3 is 2.56 bits per heavy atom. The van der Waals surface area contributed by atoms with Crippen LogP contribution in [0.5, 0.6) is 11.5 Å². The molecule has 6 heteroatoms. The number of hydrogen-bond acceptors (Lipinski definition) is 5. The molecule has 0 aliphatic carbocycles. The zero-order valence-corrected chi connectivity index (χ0v) is 16.1. The summed E-state index contributed by atoms with van der Waals surface area (Å²) in [5.74, 6) is 1.08. The van der Waals surface area contributed by atoms with Gasteiger partial charge in [-0.2, -0.15) is 0 Å². The molecular formula is C19H25NO4S. The van der Waals surface area contributed by atoms with Crippen molar-refractivity contribution < 1.29 is 19.1 Å². The fourth-order valence-electron chi connectivity index (χ4n) is 2.61. The van der Waals surface area contributed by atoms with Crippen LogP contribution in [-0.4, -0.2) is 36.3 Å². The van der Waals surface area contributed by atoms with Crippen LogP contribution in [0.25, 0.3) is 6.08 Å². The molecule has 1 fully saturated rings. The van der Waals surface area contributed by atoms with Gasteiger partial charge in [-0.05, 0) is 61.4 Å². The largest absolute Gasteiger partial charge is 0.493 e. The number of thioether (sulfide) groups is 1. The molecule has 0 unspecified atom stereocenters. The van der Waals surface area contributed by atoms with Gasteiger partial charge in [-0.3, -0.25) is 14.5 Å². The van der Waals surface area contributed by atoms with Gasteiger partial charge >= 0.3 is 0 Å². The van der Waals surface area contributed by atoms with E-state index in [1.54, 1.807) is 13.2 Å². The van der Waals surface area contributed by atoms with E-state index in [2.05, 4.69) is 6.92 Å². The first-order chi connectivity index (χ1) is 12.0. The number of benzene rings is 1. The summed E-state index contributed by atoms with van der Waals surface area (Å²) in [6, 6.07) is 3.73. The van der Waals surface area contributed by atoms with Gasteiger partial charge in [-0.1, -0.05) is 19.8 Å². The maximum Gasteiger partial charge on any atom is 0.293 e. The van der Waals surface area contributed by atoms with E-state index in [1.165, 1.54) is 4.90 Å². The van der Waals surface area contributed by atoms with Crippen molar-refractivity contribution in [2.45, 2.75) is 40.0 Å². The second-order valence-electron chi connectivity index (χ2n) is 5.83. The molecule has 0 aromatic heterocycles. The minimum absolute atomic E-state index is 0.191. The quantitative estimate of drug-likeness (QED) is 0.498. The molecule has 25 heavy (non-hydrogen) atoms. The zero-order chi connectivity index (χ0) is 18.4. The Morgan fingerprint density at radius 1 is 1.16 bits per heavy atom. The van der Waals surface area contributed by atoms with Crippen LogP contribution in [0, 0.1) is 6.92 Å². The first-order valence-corrected chi connectivity index (χ1v) is 9.40. The van der Waals surface area contributed by atoms with E-state index in [9.17, 15) is 9.59 Å². The second-order valence-corrected chi connectivity index (χ2v) is 6.83. The van der Waals surface area contributed by atoms with Crippen LogP contribution < -0.4 is 9.47 Å². The van der Waals surface area contributed by atoms with Crippen molar-refractivity contribution in [3.05, 3.63) is 28.2 Å². The van der Waals surface area contributed by atoms with Gasteiger partial charge < -0.3 is 9.47 Å². The molecule has 0 radical (unpaired) electrons. The summed E-state index contributed by atoms with van der Waals surface area (Å²) in [6.45, 7) is 6.95. The molecule has 136 valence electrons. The van der Waals surface area contributed by atoms with E-state index in [-0.39, 0.29) is 11.1 Å². The van der Waals surface area contributed by atoms with Crippen molar-refractivity contribution >= 4 is 29.0 Å². The van der Waals surface area contributed by atoms with Crippen LogP contribution >= 0.6 is 11.8 Å². The van der Waals surface area contributed by atoms with Crippen molar-refractivity contribution in [2.24, 2.45) is 0 Å². The van der Waals surface area contributed by atoms with Crippen LogP contribution in [0.2, 0.25) is 0 Å². The third-order valence-corrected chi connectivity index (χ3v) is 4.90. The number of carbonyl (C=O) groups excluding carboxylic acids is 2. The highest BCUT2D eigenvalue weighted by atomic mass is 32.2. The Bertz CT molecular complexity index is 684. The Morgan fingerprint density at radius 2 is 1.92 bits per heavy atom. The molecule has 2 rings (SSSR count). The van der Waals surface area contributed by atoms with Gasteiger partial charge in [0.25, 0.3) is 11.1 Å². The van der Waals surface area contributed by atoms with Gasteiger partial charge in [0.05, 0.1) is 18.6 Å².